The Kier molecular flexibility index (Phi) is 6.16. The maximum atomic E-state index is 14.0. The number of amides is 6. The molecule has 204 valence electrons. The highest BCUT2D eigenvalue weighted by Crippen LogP contribution is 2.42. The summed E-state index contributed by atoms with van der Waals surface area (Å²) in [6, 6.07) is 8.33. The van der Waals surface area contributed by atoms with Gasteiger partial charge in [-0.2, -0.15) is 0 Å². The van der Waals surface area contributed by atoms with Crippen LogP contribution in [-0.2, 0) is 28.1 Å². The molecule has 0 aromatic heterocycles. The molecule has 2 fully saturated rings. The zero-order valence-corrected chi connectivity index (χ0v) is 21.6. The zero-order valence-electron chi connectivity index (χ0n) is 21.6. The maximum absolute atomic E-state index is 14.0. The van der Waals surface area contributed by atoms with Crippen LogP contribution in [0.2, 0.25) is 0 Å². The average molecular weight is 536 g/mol. The number of halogens is 1. The van der Waals surface area contributed by atoms with Crippen LogP contribution in [-0.4, -0.2) is 59.9 Å². The summed E-state index contributed by atoms with van der Waals surface area (Å²) in [5.74, 6) is -0.459. The lowest BCUT2D eigenvalue weighted by molar-refractivity contribution is -0.141. The predicted molar refractivity (Wildman–Crippen MR) is 138 cm³/mol. The first kappa shape index (κ1) is 25.1. The number of imide groups is 1. The third kappa shape index (κ3) is 4.45. The van der Waals surface area contributed by atoms with Crippen LogP contribution in [0.3, 0.4) is 0 Å². The van der Waals surface area contributed by atoms with Gasteiger partial charge in [-0.1, -0.05) is 6.07 Å². The quantitative estimate of drug-likeness (QED) is 0.520. The van der Waals surface area contributed by atoms with Gasteiger partial charge in [0.1, 0.15) is 30.3 Å². The number of anilines is 1. The van der Waals surface area contributed by atoms with Gasteiger partial charge in [-0.15, -0.1) is 0 Å². The number of ether oxygens (including phenoxy) is 1. The van der Waals surface area contributed by atoms with Gasteiger partial charge in [0.15, 0.2) is 0 Å². The molecule has 10 nitrogen and oxygen atoms in total. The Hall–Kier alpha value is -4.15. The summed E-state index contributed by atoms with van der Waals surface area (Å²) in [5.41, 5.74) is 1.41. The van der Waals surface area contributed by atoms with Crippen molar-refractivity contribution in [2.75, 3.05) is 25.5 Å². The first-order valence-electron chi connectivity index (χ1n) is 13.3. The van der Waals surface area contributed by atoms with Crippen molar-refractivity contribution in [3.05, 3.63) is 58.9 Å². The van der Waals surface area contributed by atoms with Crippen LogP contribution in [0.4, 0.5) is 19.7 Å². The number of fused-ring (bicyclic) bond motifs is 3. The van der Waals surface area contributed by atoms with E-state index in [-0.39, 0.29) is 37.0 Å². The Balaban J connectivity index is 1.25. The largest absolute Gasteiger partial charge is 0.491 e. The molecule has 39 heavy (non-hydrogen) atoms. The molecular formula is C28H30FN5O5. The highest BCUT2D eigenvalue weighted by Gasteiger charge is 2.55. The summed E-state index contributed by atoms with van der Waals surface area (Å²) in [7, 11) is 1.52. The summed E-state index contributed by atoms with van der Waals surface area (Å²) in [6.07, 6.45) is 3.67. The summed E-state index contributed by atoms with van der Waals surface area (Å²) < 4.78 is 19.9. The second-order valence-corrected chi connectivity index (χ2v) is 10.6. The lowest BCUT2D eigenvalue weighted by atomic mass is 9.76. The molecular weight excluding hydrogens is 505 g/mol. The van der Waals surface area contributed by atoms with Crippen LogP contribution >= 0.6 is 0 Å². The number of nitrogens with one attached hydrogen (secondary N) is 3. The van der Waals surface area contributed by atoms with E-state index < -0.39 is 29.8 Å². The molecule has 2 aromatic rings. The molecule has 2 heterocycles. The van der Waals surface area contributed by atoms with Crippen molar-refractivity contribution in [2.45, 2.75) is 50.2 Å². The highest BCUT2D eigenvalue weighted by molar-refractivity contribution is 6.09. The van der Waals surface area contributed by atoms with Crippen LogP contribution in [0.1, 0.15) is 42.4 Å². The van der Waals surface area contributed by atoms with Crippen molar-refractivity contribution < 1.29 is 28.3 Å². The molecule has 2 atom stereocenters. The normalized spacial score (nSPS) is 23.9. The molecule has 2 aliphatic heterocycles. The van der Waals surface area contributed by atoms with Gasteiger partial charge < -0.3 is 25.6 Å². The summed E-state index contributed by atoms with van der Waals surface area (Å²) in [5, 5.41) is 8.11. The number of rotatable bonds is 4. The Morgan fingerprint density at radius 3 is 2.74 bits per heavy atom. The molecule has 1 spiro atoms. The van der Waals surface area contributed by atoms with Gasteiger partial charge in [0, 0.05) is 24.8 Å². The van der Waals surface area contributed by atoms with E-state index in [0.717, 1.165) is 23.3 Å². The minimum atomic E-state index is -1.26. The molecule has 1 unspecified atom stereocenters. The third-order valence-corrected chi connectivity index (χ3v) is 8.18. The van der Waals surface area contributed by atoms with Gasteiger partial charge in [-0.05, 0) is 79.5 Å². The summed E-state index contributed by atoms with van der Waals surface area (Å²) >= 11 is 0. The van der Waals surface area contributed by atoms with Crippen LogP contribution in [0.5, 0.6) is 5.75 Å². The number of carbonyl (C=O) groups is 4. The van der Waals surface area contributed by atoms with Gasteiger partial charge >= 0.3 is 12.1 Å². The standard InChI is InChI=1S/C28H30FN5O5/c1-30-26(37)31-20-7-8-21-17(12-20)3-2-10-28(21)25(36)34(27(38)32-28)14-24(35)33-13-18-11-19(29)6-9-23(18)39-15-22(33)16-4-5-16/h6-9,11-12,16,22H,2-5,10,13-15H2,1H3,(H,32,38)(H2,30,31,37)/t22-,28?/m0/s1. The summed E-state index contributed by atoms with van der Waals surface area (Å²) in [4.78, 5) is 55.1. The van der Waals surface area contributed by atoms with Crippen LogP contribution < -0.4 is 20.7 Å². The minimum absolute atomic E-state index is 0.145. The van der Waals surface area contributed by atoms with Crippen molar-refractivity contribution in [3.63, 3.8) is 0 Å². The van der Waals surface area contributed by atoms with Crippen LogP contribution in [0.25, 0.3) is 0 Å². The summed E-state index contributed by atoms with van der Waals surface area (Å²) in [6.45, 7) is 0.0106. The number of hydrogen-bond acceptors (Lipinski definition) is 5. The molecule has 6 rings (SSSR count). The SMILES string of the molecule is CNC(=O)Nc1ccc2c(c1)CCCC21NC(=O)N(CC(=O)N2Cc3cc(F)ccc3OC[C@H]2C2CC2)C1=O. The molecule has 2 aromatic carbocycles. The third-order valence-electron chi connectivity index (χ3n) is 8.18. The van der Waals surface area contributed by atoms with E-state index in [4.69, 9.17) is 4.74 Å². The van der Waals surface area contributed by atoms with E-state index in [9.17, 15) is 23.6 Å². The lowest BCUT2D eigenvalue weighted by Crippen LogP contribution is -2.50. The smallest absolute Gasteiger partial charge is 0.325 e. The fraction of sp³-hybridized carbons (Fsp3) is 0.429. The van der Waals surface area contributed by atoms with Crippen molar-refractivity contribution in [1.82, 2.24) is 20.4 Å². The number of aryl methyl sites for hydroxylation is 1. The first-order chi connectivity index (χ1) is 18.8. The first-order valence-corrected chi connectivity index (χ1v) is 13.3. The van der Waals surface area contributed by atoms with Crippen molar-refractivity contribution in [1.29, 1.82) is 0 Å². The van der Waals surface area contributed by atoms with E-state index in [1.54, 1.807) is 23.1 Å². The molecule has 11 heteroatoms. The van der Waals surface area contributed by atoms with Gasteiger partial charge in [0.05, 0.1) is 6.04 Å². The van der Waals surface area contributed by atoms with Crippen LogP contribution in [0.15, 0.2) is 36.4 Å². The minimum Gasteiger partial charge on any atom is -0.491 e. The lowest BCUT2D eigenvalue weighted by Gasteiger charge is -2.34. The maximum Gasteiger partial charge on any atom is 0.325 e. The molecule has 1 saturated heterocycles. The molecule has 2 aliphatic carbocycles. The molecule has 4 aliphatic rings. The Labute approximate surface area is 224 Å². The van der Waals surface area contributed by atoms with E-state index in [1.807, 2.05) is 6.07 Å². The van der Waals surface area contributed by atoms with Gasteiger partial charge in [-0.25, -0.2) is 14.0 Å². The second kappa shape index (κ2) is 9.55. The zero-order chi connectivity index (χ0) is 27.3. The number of hydrogen-bond donors (Lipinski definition) is 3. The fourth-order valence-corrected chi connectivity index (χ4v) is 6.04. The van der Waals surface area contributed by atoms with Gasteiger partial charge in [-0.3, -0.25) is 14.5 Å². The van der Waals surface area contributed by atoms with Crippen LogP contribution in [0, 0.1) is 11.7 Å². The molecule has 0 bridgehead atoms. The fourth-order valence-electron chi connectivity index (χ4n) is 6.04. The monoisotopic (exact) mass is 535 g/mol. The van der Waals surface area contributed by atoms with Crippen molar-refractivity contribution >= 4 is 29.6 Å². The number of nitrogens with zero attached hydrogens (tertiary/aromatic N) is 2. The van der Waals surface area contributed by atoms with Gasteiger partial charge in [0.2, 0.25) is 5.91 Å². The molecule has 0 radical (unpaired) electrons. The Morgan fingerprint density at radius 2 is 1.97 bits per heavy atom. The predicted octanol–water partition coefficient (Wildman–Crippen LogP) is 2.86. The Bertz CT molecular complexity index is 1380. The average Bonchev–Trinajstić information content (AvgIpc) is 3.74. The van der Waals surface area contributed by atoms with E-state index in [0.29, 0.717) is 41.8 Å². The number of urea groups is 2. The Morgan fingerprint density at radius 1 is 1.15 bits per heavy atom. The van der Waals surface area contributed by atoms with Crippen molar-refractivity contribution in [2.24, 2.45) is 5.92 Å². The second-order valence-electron chi connectivity index (χ2n) is 10.6. The van der Waals surface area contributed by atoms with E-state index >= 15 is 0 Å². The molecule has 1 saturated carbocycles. The van der Waals surface area contributed by atoms with Gasteiger partial charge in [0.25, 0.3) is 5.91 Å². The van der Waals surface area contributed by atoms with Crippen molar-refractivity contribution in [3.8, 4) is 5.75 Å². The van der Waals surface area contributed by atoms with E-state index in [1.165, 1.54) is 19.2 Å². The van der Waals surface area contributed by atoms with E-state index in [2.05, 4.69) is 16.0 Å². The highest BCUT2D eigenvalue weighted by atomic mass is 19.1. The molecule has 3 N–H and O–H groups in total. The number of benzene rings is 2. The molecule has 6 amide bonds. The number of carbonyl (C=O) groups excluding carboxylic acids is 4. The topological polar surface area (TPSA) is 120 Å².